The van der Waals surface area contributed by atoms with Gasteiger partial charge in [-0.25, -0.2) is 9.13 Å². The molecule has 0 aromatic heterocycles. The molecule has 101 heavy (non-hydrogen) atoms. The van der Waals surface area contributed by atoms with Crippen LogP contribution in [-0.4, -0.2) is 96.7 Å². The standard InChI is InChI=1S/C82H160O17P2/c1-9-75(8)61-53-45-40-41-47-55-63-80(85)93-69-78(99-82(87)65-57-49-39-33-27-21-19-24-30-36-44-52-60-74(6)7)71-97-101(90,91)95-67-76(83)66-94-100(88,89)96-70-77(68-92-79(84)62-54-46-37-31-25-20-18-23-29-35-43-51-59-73(4)5)98-81(86)64-56-48-38-32-26-17-15-13-11-10-12-14-16-22-28-34-42-50-58-72(2)3/h72-78,83H,9-71H2,1-8H3,(H,88,89)(H,90,91)/t75?,76-,77-,78-/m1/s1. The fourth-order valence-corrected chi connectivity index (χ4v) is 14.2. The van der Waals surface area contributed by atoms with Gasteiger partial charge in [-0.05, 0) is 49.4 Å². The van der Waals surface area contributed by atoms with Crippen molar-refractivity contribution in [3.05, 3.63) is 0 Å². The summed E-state index contributed by atoms with van der Waals surface area (Å²) in [7, 11) is -9.92. The Balaban J connectivity index is 5.23. The Kier molecular flexibility index (Phi) is 69.6. The van der Waals surface area contributed by atoms with Gasteiger partial charge in [0.05, 0.1) is 26.4 Å². The molecule has 0 fully saturated rings. The van der Waals surface area contributed by atoms with E-state index >= 15 is 0 Å². The van der Waals surface area contributed by atoms with Crippen LogP contribution < -0.4 is 0 Å². The number of phosphoric ester groups is 2. The second-order valence-electron chi connectivity index (χ2n) is 31.2. The van der Waals surface area contributed by atoms with Crippen molar-refractivity contribution in [3.63, 3.8) is 0 Å². The Hall–Kier alpha value is -1.94. The van der Waals surface area contributed by atoms with Crippen LogP contribution in [0.2, 0.25) is 0 Å². The predicted octanol–water partition coefficient (Wildman–Crippen LogP) is 24.4. The maximum atomic E-state index is 13.1. The second kappa shape index (κ2) is 71.0. The molecule has 0 bridgehead atoms. The Bertz CT molecular complexity index is 1970. The van der Waals surface area contributed by atoms with Crippen LogP contribution in [-0.2, 0) is 65.4 Å². The average Bonchev–Trinajstić information content (AvgIpc) is 0.961. The molecule has 6 atom stereocenters. The van der Waals surface area contributed by atoms with Gasteiger partial charge in [-0.1, -0.05) is 370 Å². The van der Waals surface area contributed by atoms with Gasteiger partial charge in [-0.3, -0.25) is 37.3 Å². The molecule has 600 valence electrons. The minimum Gasteiger partial charge on any atom is -0.462 e. The number of carbonyl (C=O) groups is 4. The highest BCUT2D eigenvalue weighted by atomic mass is 31.2. The van der Waals surface area contributed by atoms with Crippen LogP contribution in [0.25, 0.3) is 0 Å². The molecule has 3 unspecified atom stereocenters. The van der Waals surface area contributed by atoms with Crippen LogP contribution in [0.3, 0.4) is 0 Å². The molecule has 0 amide bonds. The quantitative estimate of drug-likeness (QED) is 0.0222. The normalized spacial score (nSPS) is 14.3. The molecule has 0 aliphatic rings. The number of aliphatic hydroxyl groups is 1. The van der Waals surface area contributed by atoms with Crippen molar-refractivity contribution in [1.82, 2.24) is 0 Å². The first-order valence-electron chi connectivity index (χ1n) is 42.2. The van der Waals surface area contributed by atoms with E-state index in [4.69, 9.17) is 37.0 Å². The number of hydrogen-bond acceptors (Lipinski definition) is 15. The van der Waals surface area contributed by atoms with E-state index < -0.39 is 97.5 Å². The highest BCUT2D eigenvalue weighted by Gasteiger charge is 2.30. The van der Waals surface area contributed by atoms with Gasteiger partial charge in [-0.15, -0.1) is 0 Å². The van der Waals surface area contributed by atoms with E-state index in [0.717, 1.165) is 120 Å². The Morgan fingerprint density at radius 2 is 0.475 bits per heavy atom. The zero-order valence-corrected chi connectivity index (χ0v) is 68.3. The summed E-state index contributed by atoms with van der Waals surface area (Å²) in [6, 6.07) is 0. The molecule has 0 rings (SSSR count). The fourth-order valence-electron chi connectivity index (χ4n) is 12.6. The van der Waals surface area contributed by atoms with Crippen molar-refractivity contribution >= 4 is 39.5 Å². The molecular formula is C82H160O17P2. The summed E-state index contributed by atoms with van der Waals surface area (Å²) in [5.41, 5.74) is 0. The smallest absolute Gasteiger partial charge is 0.462 e. The van der Waals surface area contributed by atoms with Crippen LogP contribution in [0.1, 0.15) is 421 Å². The van der Waals surface area contributed by atoms with Gasteiger partial charge >= 0.3 is 39.5 Å². The number of rotatable bonds is 79. The molecule has 19 heteroatoms. The van der Waals surface area contributed by atoms with Gasteiger partial charge < -0.3 is 33.8 Å². The number of ether oxygens (including phenoxy) is 4. The van der Waals surface area contributed by atoms with Crippen LogP contribution in [0.4, 0.5) is 0 Å². The van der Waals surface area contributed by atoms with Crippen molar-refractivity contribution in [2.75, 3.05) is 39.6 Å². The topological polar surface area (TPSA) is 237 Å². The molecule has 17 nitrogen and oxygen atoms in total. The summed E-state index contributed by atoms with van der Waals surface area (Å²) in [5.74, 6) is 0.996. The molecule has 0 spiro atoms. The third kappa shape index (κ3) is 74.7. The van der Waals surface area contributed by atoms with Gasteiger partial charge in [0.15, 0.2) is 12.2 Å². The molecule has 0 aromatic rings. The SMILES string of the molecule is CCC(C)CCCCCCCCC(=O)OC[C@H](COP(=O)(O)OC[C@H](O)COP(=O)(O)OC[C@@H](COC(=O)CCCCCCCCCCCCCCC(C)C)OC(=O)CCCCCCCCCCCCCCCCCCCCC(C)C)OC(=O)CCCCCCCCCCCCCCC(C)C. The molecule has 0 heterocycles. The molecule has 0 radical (unpaired) electrons. The van der Waals surface area contributed by atoms with E-state index in [-0.39, 0.29) is 25.7 Å². The minimum atomic E-state index is -4.96. The van der Waals surface area contributed by atoms with Crippen LogP contribution in [0.15, 0.2) is 0 Å². The fraction of sp³-hybridized carbons (Fsp3) is 0.951. The Morgan fingerprint density at radius 3 is 0.703 bits per heavy atom. The van der Waals surface area contributed by atoms with Crippen LogP contribution >= 0.6 is 15.6 Å². The highest BCUT2D eigenvalue weighted by molar-refractivity contribution is 7.47. The van der Waals surface area contributed by atoms with Gasteiger partial charge in [0, 0.05) is 25.7 Å². The van der Waals surface area contributed by atoms with Gasteiger partial charge in [0.25, 0.3) is 0 Å². The second-order valence-corrected chi connectivity index (χ2v) is 34.1. The molecule has 0 saturated heterocycles. The van der Waals surface area contributed by atoms with Crippen molar-refractivity contribution in [2.45, 2.75) is 440 Å². The molecule has 3 N–H and O–H groups in total. The summed E-state index contributed by atoms with van der Waals surface area (Å²) in [4.78, 5) is 73.1. The first kappa shape index (κ1) is 99.1. The largest absolute Gasteiger partial charge is 0.472 e. The maximum Gasteiger partial charge on any atom is 0.472 e. The summed E-state index contributed by atoms with van der Waals surface area (Å²) in [6.07, 6.45) is 58.3. The molecular weight excluding hydrogens is 1320 g/mol. The van der Waals surface area contributed by atoms with Crippen molar-refractivity contribution < 1.29 is 80.2 Å². The lowest BCUT2D eigenvalue weighted by molar-refractivity contribution is -0.161. The minimum absolute atomic E-state index is 0.106. The lowest BCUT2D eigenvalue weighted by Gasteiger charge is -2.21. The molecule has 0 aromatic carbocycles. The van der Waals surface area contributed by atoms with E-state index in [1.807, 2.05) is 0 Å². The zero-order chi connectivity index (χ0) is 74.6. The first-order chi connectivity index (χ1) is 48.6. The number of esters is 4. The van der Waals surface area contributed by atoms with E-state index in [1.165, 1.54) is 218 Å². The van der Waals surface area contributed by atoms with Gasteiger partial charge in [0.1, 0.15) is 19.3 Å². The van der Waals surface area contributed by atoms with Crippen molar-refractivity contribution in [2.24, 2.45) is 23.7 Å². The molecule has 0 aliphatic heterocycles. The van der Waals surface area contributed by atoms with Crippen LogP contribution in [0.5, 0.6) is 0 Å². The first-order valence-corrected chi connectivity index (χ1v) is 45.2. The molecule has 0 saturated carbocycles. The lowest BCUT2D eigenvalue weighted by atomic mass is 10.00. The Morgan fingerprint density at radius 1 is 0.277 bits per heavy atom. The van der Waals surface area contributed by atoms with Crippen molar-refractivity contribution in [1.29, 1.82) is 0 Å². The third-order valence-corrected chi connectivity index (χ3v) is 21.3. The zero-order valence-electron chi connectivity index (χ0n) is 66.5. The summed E-state index contributed by atoms with van der Waals surface area (Å²) < 4.78 is 68.7. The predicted molar refractivity (Wildman–Crippen MR) is 414 cm³/mol. The highest BCUT2D eigenvalue weighted by Crippen LogP contribution is 2.45. The van der Waals surface area contributed by atoms with E-state index in [0.29, 0.717) is 25.7 Å². The Labute approximate surface area is 619 Å². The van der Waals surface area contributed by atoms with E-state index in [1.54, 1.807) is 0 Å². The third-order valence-electron chi connectivity index (χ3n) is 19.4. The summed E-state index contributed by atoms with van der Waals surface area (Å²) in [5, 5.41) is 10.6. The lowest BCUT2D eigenvalue weighted by Crippen LogP contribution is -2.30. The summed E-state index contributed by atoms with van der Waals surface area (Å²) >= 11 is 0. The van der Waals surface area contributed by atoms with E-state index in [2.05, 4.69) is 55.4 Å². The monoisotopic (exact) mass is 1480 g/mol. The maximum absolute atomic E-state index is 13.1. The van der Waals surface area contributed by atoms with Gasteiger partial charge in [-0.2, -0.15) is 0 Å². The van der Waals surface area contributed by atoms with Gasteiger partial charge in [0.2, 0.25) is 0 Å². The molecule has 0 aliphatic carbocycles. The summed E-state index contributed by atoms with van der Waals surface area (Å²) in [6.45, 7) is 14.3. The van der Waals surface area contributed by atoms with Crippen LogP contribution in [0, 0.1) is 23.7 Å². The van der Waals surface area contributed by atoms with Crippen molar-refractivity contribution in [3.8, 4) is 0 Å². The number of phosphoric acid groups is 2. The number of carbonyl (C=O) groups excluding carboxylic acids is 4. The van der Waals surface area contributed by atoms with E-state index in [9.17, 15) is 43.2 Å². The average molecular weight is 1480 g/mol. The number of aliphatic hydroxyl groups excluding tert-OH is 1. The number of hydrogen-bond donors (Lipinski definition) is 3. The number of unbranched alkanes of at least 4 members (excludes halogenated alkanes) is 44.